The average molecular weight is 381 g/mol. The molecular formula is C22H20FNO4. The van der Waals surface area contributed by atoms with Crippen LogP contribution in [-0.4, -0.2) is 30.1 Å². The summed E-state index contributed by atoms with van der Waals surface area (Å²) in [5.41, 5.74) is 0.717. The Balaban J connectivity index is 1.66. The minimum Gasteiger partial charge on any atom is -0.451 e. The lowest BCUT2D eigenvalue weighted by molar-refractivity contribution is 0.0484. The normalized spacial score (nSPS) is 16.4. The third kappa shape index (κ3) is 3.97. The smallest absolute Gasteiger partial charge is 0.290 e. The molecule has 28 heavy (non-hydrogen) atoms. The standard InChI is InChI=1S/C22H20FNO4/c23-16-8-9-20-18(11-16)19(25)12-21(28-20)22(26)24(14-17-7-4-10-27-17)13-15-5-2-1-3-6-15/h1-3,5-6,8-9,11-12,17H,4,7,10,13-14H2/t17-/m1/s1. The Morgan fingerprint density at radius 3 is 2.71 bits per heavy atom. The fourth-order valence-corrected chi connectivity index (χ4v) is 3.45. The molecule has 0 spiro atoms. The second kappa shape index (κ2) is 7.94. The molecule has 6 heteroatoms. The van der Waals surface area contributed by atoms with Gasteiger partial charge in [-0.3, -0.25) is 9.59 Å². The highest BCUT2D eigenvalue weighted by molar-refractivity contribution is 5.93. The summed E-state index contributed by atoms with van der Waals surface area (Å²) in [7, 11) is 0. The molecule has 1 fully saturated rings. The van der Waals surface area contributed by atoms with E-state index < -0.39 is 11.2 Å². The number of carbonyl (C=O) groups excluding carboxylic acids is 1. The Morgan fingerprint density at radius 1 is 1.14 bits per heavy atom. The summed E-state index contributed by atoms with van der Waals surface area (Å²) in [6, 6.07) is 14.4. The second-order valence-electron chi connectivity index (χ2n) is 6.92. The first-order valence-electron chi connectivity index (χ1n) is 9.28. The lowest BCUT2D eigenvalue weighted by atomic mass is 10.1. The van der Waals surface area contributed by atoms with E-state index in [1.165, 1.54) is 12.1 Å². The molecule has 0 saturated carbocycles. The molecule has 5 nitrogen and oxygen atoms in total. The fourth-order valence-electron chi connectivity index (χ4n) is 3.45. The van der Waals surface area contributed by atoms with E-state index in [1.54, 1.807) is 4.90 Å². The van der Waals surface area contributed by atoms with Crippen LogP contribution in [0.5, 0.6) is 0 Å². The summed E-state index contributed by atoms with van der Waals surface area (Å²) in [6.07, 6.45) is 1.82. The van der Waals surface area contributed by atoms with Crippen molar-refractivity contribution in [2.45, 2.75) is 25.5 Å². The van der Waals surface area contributed by atoms with Crippen molar-refractivity contribution in [3.63, 3.8) is 0 Å². The van der Waals surface area contributed by atoms with Crippen LogP contribution in [0.3, 0.4) is 0 Å². The molecule has 0 unspecified atom stereocenters. The lowest BCUT2D eigenvalue weighted by Gasteiger charge is -2.25. The lowest BCUT2D eigenvalue weighted by Crippen LogP contribution is -2.37. The monoisotopic (exact) mass is 381 g/mol. The number of fused-ring (bicyclic) bond motifs is 1. The maximum atomic E-state index is 13.4. The number of hydrogen-bond acceptors (Lipinski definition) is 4. The van der Waals surface area contributed by atoms with Gasteiger partial charge in [0.1, 0.15) is 11.4 Å². The summed E-state index contributed by atoms with van der Waals surface area (Å²) in [5, 5.41) is 0.116. The third-order valence-electron chi connectivity index (χ3n) is 4.85. The Kier molecular flexibility index (Phi) is 5.21. The minimum atomic E-state index is -0.525. The van der Waals surface area contributed by atoms with E-state index in [-0.39, 0.29) is 28.7 Å². The molecule has 2 heterocycles. The van der Waals surface area contributed by atoms with Crippen LogP contribution in [0.4, 0.5) is 4.39 Å². The van der Waals surface area contributed by atoms with Gasteiger partial charge in [0.05, 0.1) is 11.5 Å². The first kappa shape index (κ1) is 18.4. The van der Waals surface area contributed by atoms with E-state index in [1.807, 2.05) is 30.3 Å². The van der Waals surface area contributed by atoms with Crippen molar-refractivity contribution in [2.24, 2.45) is 0 Å². The highest BCUT2D eigenvalue weighted by atomic mass is 19.1. The van der Waals surface area contributed by atoms with Gasteiger partial charge in [-0.2, -0.15) is 0 Å². The van der Waals surface area contributed by atoms with Crippen molar-refractivity contribution in [3.8, 4) is 0 Å². The maximum Gasteiger partial charge on any atom is 0.290 e. The van der Waals surface area contributed by atoms with Crippen molar-refractivity contribution in [3.05, 3.63) is 82.0 Å². The number of carbonyl (C=O) groups is 1. The van der Waals surface area contributed by atoms with E-state index in [2.05, 4.69) is 0 Å². The number of benzene rings is 2. The van der Waals surface area contributed by atoms with Gasteiger partial charge in [0.25, 0.3) is 5.91 Å². The molecule has 4 rings (SSSR count). The Labute approximate surface area is 161 Å². The molecule has 1 saturated heterocycles. The molecule has 1 aliphatic heterocycles. The van der Waals surface area contributed by atoms with Crippen molar-refractivity contribution >= 4 is 16.9 Å². The number of amides is 1. The van der Waals surface area contributed by atoms with Crippen LogP contribution in [0.25, 0.3) is 11.0 Å². The first-order chi connectivity index (χ1) is 13.6. The molecule has 0 bridgehead atoms. The number of halogens is 1. The minimum absolute atomic E-state index is 0.0334. The Bertz CT molecular complexity index is 1040. The topological polar surface area (TPSA) is 59.8 Å². The molecule has 1 amide bonds. The molecule has 1 aliphatic rings. The van der Waals surface area contributed by atoms with Gasteiger partial charge in [-0.15, -0.1) is 0 Å². The number of ether oxygens (including phenoxy) is 1. The van der Waals surface area contributed by atoms with Crippen molar-refractivity contribution in [2.75, 3.05) is 13.2 Å². The average Bonchev–Trinajstić information content (AvgIpc) is 3.21. The predicted octanol–water partition coefficient (Wildman–Crippen LogP) is 3.75. The fraction of sp³-hybridized carbons (Fsp3) is 0.273. The van der Waals surface area contributed by atoms with Gasteiger partial charge < -0.3 is 14.1 Å². The molecule has 1 aromatic heterocycles. The highest BCUT2D eigenvalue weighted by Crippen LogP contribution is 2.19. The zero-order chi connectivity index (χ0) is 19.5. The van der Waals surface area contributed by atoms with Gasteiger partial charge in [0, 0.05) is 25.8 Å². The Morgan fingerprint density at radius 2 is 1.96 bits per heavy atom. The predicted molar refractivity (Wildman–Crippen MR) is 103 cm³/mol. The number of hydrogen-bond donors (Lipinski definition) is 0. The van der Waals surface area contributed by atoms with Crippen molar-refractivity contribution in [1.29, 1.82) is 0 Å². The molecule has 0 aliphatic carbocycles. The quantitative estimate of drug-likeness (QED) is 0.675. The summed E-state index contributed by atoms with van der Waals surface area (Å²) in [6.45, 7) is 1.48. The summed E-state index contributed by atoms with van der Waals surface area (Å²) >= 11 is 0. The van der Waals surface area contributed by atoms with Gasteiger partial charge in [-0.05, 0) is 36.6 Å². The summed E-state index contributed by atoms with van der Waals surface area (Å²) in [5.74, 6) is -0.969. The molecule has 2 aromatic carbocycles. The Hall–Kier alpha value is -2.99. The van der Waals surface area contributed by atoms with Gasteiger partial charge in [-0.25, -0.2) is 4.39 Å². The van der Waals surface area contributed by atoms with E-state index in [0.717, 1.165) is 30.5 Å². The van der Waals surface area contributed by atoms with Crippen LogP contribution in [0.15, 0.2) is 63.8 Å². The number of rotatable bonds is 5. The van der Waals surface area contributed by atoms with E-state index in [0.29, 0.717) is 19.7 Å². The molecule has 1 atom stereocenters. The van der Waals surface area contributed by atoms with Crippen LogP contribution >= 0.6 is 0 Å². The first-order valence-corrected chi connectivity index (χ1v) is 9.28. The summed E-state index contributed by atoms with van der Waals surface area (Å²) in [4.78, 5) is 27.2. The number of nitrogens with zero attached hydrogens (tertiary/aromatic N) is 1. The SMILES string of the molecule is O=C(c1cc(=O)c2cc(F)ccc2o1)N(Cc1ccccc1)C[C@H]1CCCO1. The van der Waals surface area contributed by atoms with Crippen LogP contribution in [0.2, 0.25) is 0 Å². The van der Waals surface area contributed by atoms with E-state index >= 15 is 0 Å². The van der Waals surface area contributed by atoms with Crippen LogP contribution in [-0.2, 0) is 11.3 Å². The second-order valence-corrected chi connectivity index (χ2v) is 6.92. The maximum absolute atomic E-state index is 13.4. The van der Waals surface area contributed by atoms with Gasteiger partial charge in [0.15, 0.2) is 11.2 Å². The molecule has 144 valence electrons. The molecule has 3 aromatic rings. The van der Waals surface area contributed by atoms with Crippen molar-refractivity contribution < 1.29 is 18.3 Å². The van der Waals surface area contributed by atoms with Crippen LogP contribution in [0.1, 0.15) is 29.0 Å². The summed E-state index contributed by atoms with van der Waals surface area (Å²) < 4.78 is 24.7. The zero-order valence-corrected chi connectivity index (χ0v) is 15.3. The van der Waals surface area contributed by atoms with Gasteiger partial charge in [0.2, 0.25) is 0 Å². The van der Waals surface area contributed by atoms with Gasteiger partial charge >= 0.3 is 0 Å². The van der Waals surface area contributed by atoms with Crippen molar-refractivity contribution in [1.82, 2.24) is 4.90 Å². The molecule has 0 N–H and O–H groups in total. The molecular weight excluding hydrogens is 361 g/mol. The van der Waals surface area contributed by atoms with Crippen LogP contribution < -0.4 is 5.43 Å². The van der Waals surface area contributed by atoms with Gasteiger partial charge in [-0.1, -0.05) is 30.3 Å². The van der Waals surface area contributed by atoms with Crippen LogP contribution in [0, 0.1) is 5.82 Å². The zero-order valence-electron chi connectivity index (χ0n) is 15.3. The highest BCUT2D eigenvalue weighted by Gasteiger charge is 2.25. The van der Waals surface area contributed by atoms with E-state index in [9.17, 15) is 14.0 Å². The third-order valence-corrected chi connectivity index (χ3v) is 4.85. The van der Waals surface area contributed by atoms with E-state index in [4.69, 9.17) is 9.15 Å². The molecule has 0 radical (unpaired) electrons. The largest absolute Gasteiger partial charge is 0.451 e.